The fraction of sp³-hybridized carbons (Fsp3) is 0.500. The summed E-state index contributed by atoms with van der Waals surface area (Å²) < 4.78 is 0. The molecule has 0 radical (unpaired) electrons. The Kier molecular flexibility index (Phi) is 16.7. The van der Waals surface area contributed by atoms with E-state index in [1.165, 1.54) is 0 Å². The summed E-state index contributed by atoms with van der Waals surface area (Å²) in [5, 5.41) is 0. The molecule has 0 N–H and O–H groups in total. The zero-order valence-corrected chi connectivity index (χ0v) is 3.15. The van der Waals surface area contributed by atoms with Crippen LogP contribution in [0.3, 0.4) is 0 Å². The maximum absolute atomic E-state index is 2.00. The van der Waals surface area contributed by atoms with Crippen LogP contribution in [0.25, 0.3) is 0 Å². The number of allylic oxidation sites excluding steroid dienone is 2. The van der Waals surface area contributed by atoms with E-state index in [-0.39, 0.29) is 37.7 Å². The van der Waals surface area contributed by atoms with Crippen molar-refractivity contribution in [3.63, 3.8) is 0 Å². The van der Waals surface area contributed by atoms with Crippen molar-refractivity contribution in [1.29, 1.82) is 0 Å². The number of rotatable bonds is 0. The van der Waals surface area contributed by atoms with Crippen LogP contribution in [0.4, 0.5) is 0 Å². The summed E-state index contributed by atoms with van der Waals surface area (Å²) in [6.07, 6.45) is 4.00. The summed E-state index contributed by atoms with van der Waals surface area (Å²) >= 11 is 0. The van der Waals surface area contributed by atoms with E-state index in [1.54, 1.807) is 0 Å². The van der Waals surface area contributed by atoms with Crippen LogP contribution in [0.15, 0.2) is 12.2 Å². The molecule has 0 amide bonds. The molecule has 0 fully saturated rings. The van der Waals surface area contributed by atoms with Gasteiger partial charge < -0.3 is 0 Å². The fourth-order valence-corrected chi connectivity index (χ4v) is 0. The summed E-state index contributed by atoms with van der Waals surface area (Å²) in [4.78, 5) is 0. The minimum atomic E-state index is 0. The second-order valence-corrected chi connectivity index (χ2v) is 0.667. The summed E-state index contributed by atoms with van der Waals surface area (Å²) in [5.74, 6) is 0. The third-order valence-corrected chi connectivity index (χ3v) is 0.333. The van der Waals surface area contributed by atoms with Gasteiger partial charge in [-0.1, -0.05) is 12.2 Å². The summed E-state index contributed by atoms with van der Waals surface area (Å²) in [6, 6.07) is 0. The van der Waals surface area contributed by atoms with Crippen LogP contribution in [0.5, 0.6) is 0 Å². The normalized spacial score (nSPS) is 7.60. The van der Waals surface area contributed by atoms with E-state index in [9.17, 15) is 0 Å². The number of hydrogen-bond acceptors (Lipinski definition) is 0. The molecule has 0 nitrogen and oxygen atoms in total. The number of hydrogen-bond donors (Lipinski definition) is 0. The van der Waals surface area contributed by atoms with Gasteiger partial charge in [0.05, 0.1) is 0 Å². The molecule has 0 saturated carbocycles. The molecule has 0 aliphatic carbocycles. The molecule has 1 heteroatoms. The van der Waals surface area contributed by atoms with Crippen LogP contribution < -0.4 is 0 Å². The zero-order valence-electron chi connectivity index (χ0n) is 3.15. The first-order chi connectivity index (χ1) is 1.91. The second-order valence-electron chi connectivity index (χ2n) is 0.667. The van der Waals surface area contributed by atoms with Crippen molar-refractivity contribution in [2.45, 2.75) is 13.8 Å². The Morgan fingerprint density at radius 1 is 1.00 bits per heavy atom. The molecule has 0 unspecified atom stereocenters. The average Bonchev–Trinajstić information content (AvgIpc) is 1.37. The van der Waals surface area contributed by atoms with Crippen molar-refractivity contribution in [1.82, 2.24) is 0 Å². The quantitative estimate of drug-likeness (QED) is 0.308. The molecular weight excluding hydrogens is 88.1 g/mol. The van der Waals surface area contributed by atoms with Crippen LogP contribution in [0.2, 0.25) is 0 Å². The standard InChI is InChI=1S/C4H8.Ca.2H/c1-3-4-2;;;/h3-4H,1-2H3;;;. The van der Waals surface area contributed by atoms with Crippen LogP contribution in [-0.2, 0) is 0 Å². The maximum atomic E-state index is 2.00. The molecule has 0 aromatic carbocycles. The van der Waals surface area contributed by atoms with Gasteiger partial charge in [0.25, 0.3) is 0 Å². The predicted octanol–water partition coefficient (Wildman–Crippen LogP) is 0.666. The van der Waals surface area contributed by atoms with Crippen molar-refractivity contribution in [3.05, 3.63) is 12.2 Å². The van der Waals surface area contributed by atoms with Crippen LogP contribution in [0.1, 0.15) is 13.8 Å². The van der Waals surface area contributed by atoms with Crippen molar-refractivity contribution in [2.24, 2.45) is 0 Å². The Morgan fingerprint density at radius 2 is 1.20 bits per heavy atom. The monoisotopic (exact) mass is 98.0 g/mol. The van der Waals surface area contributed by atoms with Crippen LogP contribution in [-0.4, -0.2) is 37.7 Å². The first-order valence-electron chi connectivity index (χ1n) is 1.49. The molecule has 0 spiro atoms. The Hall–Kier alpha value is 1.000. The van der Waals surface area contributed by atoms with E-state index in [0.29, 0.717) is 0 Å². The topological polar surface area (TPSA) is 0 Å². The second kappa shape index (κ2) is 8.89. The van der Waals surface area contributed by atoms with Crippen LogP contribution >= 0.6 is 0 Å². The van der Waals surface area contributed by atoms with Gasteiger partial charge in [0.15, 0.2) is 0 Å². The third-order valence-electron chi connectivity index (χ3n) is 0.333. The fourth-order valence-electron chi connectivity index (χ4n) is 0. The minimum absolute atomic E-state index is 0. The van der Waals surface area contributed by atoms with Crippen LogP contribution in [0, 0.1) is 0 Å². The Labute approximate surface area is 63.3 Å². The van der Waals surface area contributed by atoms with Crippen molar-refractivity contribution in [2.75, 3.05) is 0 Å². The first-order valence-corrected chi connectivity index (χ1v) is 1.49. The Balaban J connectivity index is 0. The van der Waals surface area contributed by atoms with Gasteiger partial charge in [-0.2, -0.15) is 0 Å². The molecule has 0 aromatic rings. The predicted molar refractivity (Wildman–Crippen MR) is 29.0 cm³/mol. The van der Waals surface area contributed by atoms with Gasteiger partial charge >= 0.3 is 37.7 Å². The summed E-state index contributed by atoms with van der Waals surface area (Å²) in [6.45, 7) is 4.00. The van der Waals surface area contributed by atoms with E-state index in [2.05, 4.69) is 0 Å². The van der Waals surface area contributed by atoms with Gasteiger partial charge in [0.2, 0.25) is 0 Å². The van der Waals surface area contributed by atoms with E-state index in [0.717, 1.165) is 0 Å². The Bertz CT molecular complexity index is 18.8. The molecule has 0 heterocycles. The van der Waals surface area contributed by atoms with Crippen molar-refractivity contribution < 1.29 is 0 Å². The van der Waals surface area contributed by atoms with Gasteiger partial charge in [-0.3, -0.25) is 0 Å². The van der Waals surface area contributed by atoms with E-state index < -0.39 is 0 Å². The van der Waals surface area contributed by atoms with Gasteiger partial charge in [-0.05, 0) is 13.8 Å². The SMILES string of the molecule is CC=CC.[CaH2]. The third kappa shape index (κ3) is 11.3. The van der Waals surface area contributed by atoms with E-state index in [1.807, 2.05) is 26.0 Å². The molecule has 0 rings (SSSR count). The molecule has 0 atom stereocenters. The van der Waals surface area contributed by atoms with Crippen molar-refractivity contribution >= 4 is 37.7 Å². The molecule has 5 heavy (non-hydrogen) atoms. The van der Waals surface area contributed by atoms with Gasteiger partial charge in [0.1, 0.15) is 0 Å². The molecular formula is C4H10Ca. The molecule has 0 aliphatic rings. The van der Waals surface area contributed by atoms with Gasteiger partial charge in [0, 0.05) is 0 Å². The molecule has 0 aliphatic heterocycles. The summed E-state index contributed by atoms with van der Waals surface area (Å²) in [7, 11) is 0. The molecule has 0 saturated heterocycles. The molecule has 0 aromatic heterocycles. The zero-order chi connectivity index (χ0) is 3.41. The first kappa shape index (κ1) is 9.37. The van der Waals surface area contributed by atoms with Gasteiger partial charge in [-0.15, -0.1) is 0 Å². The molecule has 0 bridgehead atoms. The van der Waals surface area contributed by atoms with E-state index >= 15 is 0 Å². The summed E-state index contributed by atoms with van der Waals surface area (Å²) in [5.41, 5.74) is 0. The Morgan fingerprint density at radius 3 is 1.20 bits per heavy atom. The average molecular weight is 98.2 g/mol. The van der Waals surface area contributed by atoms with E-state index in [4.69, 9.17) is 0 Å². The van der Waals surface area contributed by atoms with Gasteiger partial charge in [-0.25, -0.2) is 0 Å². The molecule has 28 valence electrons. The van der Waals surface area contributed by atoms with Crippen molar-refractivity contribution in [3.8, 4) is 0 Å².